The quantitative estimate of drug-likeness (QED) is 0.784. The van der Waals surface area contributed by atoms with Gasteiger partial charge in [-0.1, -0.05) is 6.92 Å². The van der Waals surface area contributed by atoms with E-state index in [1.54, 1.807) is 6.20 Å². The molecule has 0 aromatic carbocycles. The van der Waals surface area contributed by atoms with E-state index >= 15 is 0 Å². The molecule has 0 fully saturated rings. The number of carbonyl (C=O) groups is 1. The second kappa shape index (κ2) is 7.06. The van der Waals surface area contributed by atoms with Gasteiger partial charge in [-0.3, -0.25) is 9.48 Å². The summed E-state index contributed by atoms with van der Waals surface area (Å²) in [6.07, 6.45) is 4.61. The van der Waals surface area contributed by atoms with Gasteiger partial charge in [0.1, 0.15) is 6.61 Å². The summed E-state index contributed by atoms with van der Waals surface area (Å²) in [5, 5.41) is 7.15. The molecule has 0 aliphatic carbocycles. The summed E-state index contributed by atoms with van der Waals surface area (Å²) >= 11 is 0. The third-order valence-corrected chi connectivity index (χ3v) is 2.56. The first-order valence-corrected chi connectivity index (χ1v) is 6.10. The fourth-order valence-electron chi connectivity index (χ4n) is 1.58. The molecule has 1 rings (SSSR count). The van der Waals surface area contributed by atoms with Crippen LogP contribution in [0.4, 0.5) is 0 Å². The van der Waals surface area contributed by atoms with E-state index in [0.717, 1.165) is 18.5 Å². The van der Waals surface area contributed by atoms with Crippen molar-refractivity contribution in [2.45, 2.75) is 39.8 Å². The highest BCUT2D eigenvalue weighted by molar-refractivity contribution is 5.77. The van der Waals surface area contributed by atoms with Crippen molar-refractivity contribution in [3.63, 3.8) is 0 Å². The van der Waals surface area contributed by atoms with Crippen molar-refractivity contribution in [2.75, 3.05) is 13.2 Å². The number of aromatic nitrogens is 2. The molecule has 0 saturated carbocycles. The maximum Gasteiger partial charge on any atom is 0.246 e. The molecule has 0 aliphatic heterocycles. The first-order chi connectivity index (χ1) is 8.21. The molecule has 1 aromatic rings. The summed E-state index contributed by atoms with van der Waals surface area (Å²) < 4.78 is 6.92. The molecule has 1 N–H and O–H groups in total. The Bertz CT molecular complexity index is 349. The van der Waals surface area contributed by atoms with Crippen LogP contribution in [0.15, 0.2) is 12.4 Å². The summed E-state index contributed by atoms with van der Waals surface area (Å²) in [5.41, 5.74) is 1.04. The predicted molar refractivity (Wildman–Crippen MR) is 65.6 cm³/mol. The lowest BCUT2D eigenvalue weighted by Gasteiger charge is -2.15. The highest BCUT2D eigenvalue weighted by atomic mass is 16.5. The lowest BCUT2D eigenvalue weighted by Crippen LogP contribution is -2.31. The van der Waals surface area contributed by atoms with Crippen LogP contribution < -0.4 is 5.32 Å². The summed E-state index contributed by atoms with van der Waals surface area (Å²) in [4.78, 5) is 11.6. The van der Waals surface area contributed by atoms with Crippen molar-refractivity contribution < 1.29 is 9.53 Å². The molecular formula is C12H21N3O2. The van der Waals surface area contributed by atoms with Crippen LogP contribution in [0, 0.1) is 0 Å². The van der Waals surface area contributed by atoms with Crippen LogP contribution in [0.1, 0.15) is 38.8 Å². The van der Waals surface area contributed by atoms with Gasteiger partial charge in [0.15, 0.2) is 0 Å². The van der Waals surface area contributed by atoms with Gasteiger partial charge >= 0.3 is 0 Å². The lowest BCUT2D eigenvalue weighted by molar-refractivity contribution is -0.126. The van der Waals surface area contributed by atoms with Crippen molar-refractivity contribution in [2.24, 2.45) is 0 Å². The van der Waals surface area contributed by atoms with Gasteiger partial charge in [-0.15, -0.1) is 0 Å². The molecule has 0 spiro atoms. The van der Waals surface area contributed by atoms with E-state index in [1.165, 1.54) is 0 Å². The van der Waals surface area contributed by atoms with Crippen molar-refractivity contribution >= 4 is 5.91 Å². The Morgan fingerprint density at radius 1 is 1.53 bits per heavy atom. The van der Waals surface area contributed by atoms with E-state index in [2.05, 4.69) is 10.4 Å². The molecule has 1 heterocycles. The molecular weight excluding hydrogens is 218 g/mol. The van der Waals surface area contributed by atoms with E-state index in [0.29, 0.717) is 6.61 Å². The predicted octanol–water partition coefficient (Wildman–Crippen LogP) is 1.51. The van der Waals surface area contributed by atoms with Crippen molar-refractivity contribution in [1.82, 2.24) is 15.1 Å². The van der Waals surface area contributed by atoms with Crippen molar-refractivity contribution in [1.29, 1.82) is 0 Å². The third-order valence-electron chi connectivity index (χ3n) is 2.56. The highest BCUT2D eigenvalue weighted by Crippen LogP contribution is 2.15. The zero-order valence-corrected chi connectivity index (χ0v) is 10.8. The van der Waals surface area contributed by atoms with Gasteiger partial charge in [0, 0.05) is 24.9 Å². The second-order valence-corrected chi connectivity index (χ2v) is 3.79. The van der Waals surface area contributed by atoms with E-state index < -0.39 is 0 Å². The average Bonchev–Trinajstić information content (AvgIpc) is 2.82. The number of carbonyl (C=O) groups excluding carboxylic acids is 1. The maximum atomic E-state index is 11.6. The average molecular weight is 239 g/mol. The van der Waals surface area contributed by atoms with E-state index in [1.807, 2.05) is 31.6 Å². The lowest BCUT2D eigenvalue weighted by atomic mass is 10.1. The molecule has 1 atom stereocenters. The summed E-state index contributed by atoms with van der Waals surface area (Å²) in [7, 11) is 0. The topological polar surface area (TPSA) is 56.1 Å². The Labute approximate surface area is 102 Å². The van der Waals surface area contributed by atoms with Gasteiger partial charge in [0.25, 0.3) is 0 Å². The molecule has 1 aromatic heterocycles. The number of hydrogen-bond acceptors (Lipinski definition) is 3. The van der Waals surface area contributed by atoms with Gasteiger partial charge in [0.2, 0.25) is 5.91 Å². The zero-order chi connectivity index (χ0) is 12.7. The first-order valence-electron chi connectivity index (χ1n) is 6.10. The Morgan fingerprint density at radius 3 is 2.82 bits per heavy atom. The van der Waals surface area contributed by atoms with Gasteiger partial charge in [-0.2, -0.15) is 5.10 Å². The summed E-state index contributed by atoms with van der Waals surface area (Å²) in [6, 6.07) is 0.0169. The van der Waals surface area contributed by atoms with Gasteiger partial charge in [0.05, 0.1) is 12.2 Å². The van der Waals surface area contributed by atoms with Crippen LogP contribution in [0.3, 0.4) is 0 Å². The van der Waals surface area contributed by atoms with Crippen LogP contribution in [0.25, 0.3) is 0 Å². The number of hydrogen-bond donors (Lipinski definition) is 1. The molecule has 1 unspecified atom stereocenters. The Balaban J connectivity index is 2.55. The molecule has 0 saturated heterocycles. The fraction of sp³-hybridized carbons (Fsp3) is 0.667. The first kappa shape index (κ1) is 13.7. The number of ether oxygens (including phenoxy) is 1. The molecule has 0 radical (unpaired) electrons. The fourth-order valence-corrected chi connectivity index (χ4v) is 1.58. The molecule has 1 amide bonds. The van der Waals surface area contributed by atoms with Gasteiger partial charge in [-0.25, -0.2) is 0 Å². The van der Waals surface area contributed by atoms with E-state index in [-0.39, 0.29) is 18.6 Å². The minimum Gasteiger partial charge on any atom is -0.372 e. The van der Waals surface area contributed by atoms with Crippen LogP contribution >= 0.6 is 0 Å². The minimum absolute atomic E-state index is 0.0169. The molecule has 96 valence electrons. The van der Waals surface area contributed by atoms with Crippen molar-refractivity contribution in [3.8, 4) is 0 Å². The zero-order valence-electron chi connectivity index (χ0n) is 10.8. The minimum atomic E-state index is -0.0806. The normalized spacial score (nSPS) is 12.4. The number of nitrogens with zero attached hydrogens (tertiary/aromatic N) is 2. The van der Waals surface area contributed by atoms with Crippen LogP contribution in [0.5, 0.6) is 0 Å². The highest BCUT2D eigenvalue weighted by Gasteiger charge is 2.14. The SMILES string of the molecule is CCOCC(=O)NC(CC)c1cnn(CC)c1. The van der Waals surface area contributed by atoms with Gasteiger partial charge < -0.3 is 10.1 Å². The number of amides is 1. The second-order valence-electron chi connectivity index (χ2n) is 3.79. The molecule has 17 heavy (non-hydrogen) atoms. The largest absolute Gasteiger partial charge is 0.372 e. The Hall–Kier alpha value is -1.36. The van der Waals surface area contributed by atoms with Gasteiger partial charge in [-0.05, 0) is 20.3 Å². The molecule has 5 heteroatoms. The molecule has 0 aliphatic rings. The molecule has 0 bridgehead atoms. The monoisotopic (exact) mass is 239 g/mol. The summed E-state index contributed by atoms with van der Waals surface area (Å²) in [5.74, 6) is -0.0806. The van der Waals surface area contributed by atoms with Crippen LogP contribution in [-0.2, 0) is 16.1 Å². The standard InChI is InChI=1S/C12H21N3O2/c1-4-11(14-12(16)9-17-6-3)10-7-13-15(5-2)8-10/h7-8,11H,4-6,9H2,1-3H3,(H,14,16). The number of nitrogens with one attached hydrogen (secondary N) is 1. The van der Waals surface area contributed by atoms with Crippen molar-refractivity contribution in [3.05, 3.63) is 18.0 Å². The molecule has 5 nitrogen and oxygen atoms in total. The number of rotatable bonds is 7. The van der Waals surface area contributed by atoms with E-state index in [9.17, 15) is 4.79 Å². The summed E-state index contributed by atoms with van der Waals surface area (Å²) in [6.45, 7) is 7.45. The van der Waals surface area contributed by atoms with Crippen LogP contribution in [-0.4, -0.2) is 28.9 Å². The Kier molecular flexibility index (Phi) is 5.69. The van der Waals surface area contributed by atoms with E-state index in [4.69, 9.17) is 4.74 Å². The number of aryl methyl sites for hydroxylation is 1. The van der Waals surface area contributed by atoms with Crippen LogP contribution in [0.2, 0.25) is 0 Å². The maximum absolute atomic E-state index is 11.6. The Morgan fingerprint density at radius 2 is 2.29 bits per heavy atom. The third kappa shape index (κ3) is 4.19. The smallest absolute Gasteiger partial charge is 0.246 e.